The Kier molecular flexibility index (Phi) is 4.85. The number of hydrogen-bond donors (Lipinski definition) is 0. The van der Waals surface area contributed by atoms with Gasteiger partial charge in [-0.25, -0.2) is 4.79 Å². The number of carbonyl (C=O) groups excluding carboxylic acids is 1. The van der Waals surface area contributed by atoms with E-state index in [1.165, 1.54) is 0 Å². The molecule has 4 rings (SSSR count). The van der Waals surface area contributed by atoms with Crippen LogP contribution in [0.15, 0.2) is 28.7 Å². The summed E-state index contributed by atoms with van der Waals surface area (Å²) in [5.41, 5.74) is 0.439. The molecule has 0 amide bonds. The Morgan fingerprint density at radius 3 is 2.56 bits per heavy atom. The van der Waals surface area contributed by atoms with Crippen molar-refractivity contribution >= 4 is 21.9 Å². The lowest BCUT2D eigenvalue weighted by atomic mass is 10.1. The van der Waals surface area contributed by atoms with Crippen molar-refractivity contribution in [1.82, 2.24) is 0 Å². The second-order valence-corrected chi connectivity index (χ2v) is 8.73. The van der Waals surface area contributed by atoms with Crippen molar-refractivity contribution < 1.29 is 33.2 Å². The lowest BCUT2D eigenvalue weighted by Crippen LogP contribution is -2.45. The Bertz CT molecular complexity index is 735. The lowest BCUT2D eigenvalue weighted by Gasteiger charge is -2.28. The van der Waals surface area contributed by atoms with Gasteiger partial charge in [-0.1, -0.05) is 22.0 Å². The summed E-state index contributed by atoms with van der Waals surface area (Å²) in [6, 6.07) is 7.03. The Morgan fingerprint density at radius 1 is 1.11 bits per heavy atom. The quantitative estimate of drug-likeness (QED) is 0.666. The van der Waals surface area contributed by atoms with Crippen molar-refractivity contribution in [2.45, 2.75) is 70.0 Å². The smallest absolute Gasteiger partial charge is 0.338 e. The molecule has 3 aliphatic heterocycles. The van der Waals surface area contributed by atoms with E-state index < -0.39 is 42.1 Å². The van der Waals surface area contributed by atoms with Crippen LogP contribution in [0.3, 0.4) is 0 Å². The highest BCUT2D eigenvalue weighted by Gasteiger charge is 2.60. The summed E-state index contributed by atoms with van der Waals surface area (Å²) in [6.45, 7) is 7.61. The van der Waals surface area contributed by atoms with Gasteiger partial charge in [0, 0.05) is 4.47 Å². The molecule has 27 heavy (non-hydrogen) atoms. The maximum Gasteiger partial charge on any atom is 0.338 e. The van der Waals surface area contributed by atoms with Crippen molar-refractivity contribution in [3.63, 3.8) is 0 Å². The van der Waals surface area contributed by atoms with Crippen LogP contribution in [-0.2, 0) is 28.4 Å². The SMILES string of the molecule is CC1(C)OC[C@@H]([C@@H]2O[C@H]3OC(C)(C)O[C@H]3C2OC(=O)c2cccc(Br)c2)O1. The second-order valence-electron chi connectivity index (χ2n) is 7.82. The Hall–Kier alpha value is -1.03. The summed E-state index contributed by atoms with van der Waals surface area (Å²) >= 11 is 3.37. The third-order valence-electron chi connectivity index (χ3n) is 4.73. The van der Waals surface area contributed by atoms with Gasteiger partial charge in [-0.05, 0) is 45.9 Å². The number of halogens is 1. The van der Waals surface area contributed by atoms with E-state index in [0.29, 0.717) is 12.2 Å². The highest BCUT2D eigenvalue weighted by atomic mass is 79.9. The summed E-state index contributed by atoms with van der Waals surface area (Å²) < 4.78 is 36.0. The molecule has 3 fully saturated rings. The number of benzene rings is 1. The van der Waals surface area contributed by atoms with Crippen molar-refractivity contribution in [2.24, 2.45) is 0 Å². The van der Waals surface area contributed by atoms with E-state index in [0.717, 1.165) is 4.47 Å². The number of ether oxygens (including phenoxy) is 6. The molecule has 1 aromatic carbocycles. The van der Waals surface area contributed by atoms with Gasteiger partial charge in [0.15, 0.2) is 30.1 Å². The molecular formula is C19H23BrO7. The molecule has 0 aromatic heterocycles. The fourth-order valence-corrected chi connectivity index (χ4v) is 4.02. The van der Waals surface area contributed by atoms with Crippen LogP contribution in [0, 0.1) is 0 Å². The molecule has 148 valence electrons. The molecule has 0 N–H and O–H groups in total. The molecule has 3 saturated heterocycles. The second kappa shape index (κ2) is 6.79. The van der Waals surface area contributed by atoms with E-state index in [1.54, 1.807) is 32.0 Å². The van der Waals surface area contributed by atoms with Crippen LogP contribution in [0.5, 0.6) is 0 Å². The van der Waals surface area contributed by atoms with Crippen molar-refractivity contribution in [1.29, 1.82) is 0 Å². The van der Waals surface area contributed by atoms with E-state index >= 15 is 0 Å². The molecule has 0 saturated carbocycles. The first-order chi connectivity index (χ1) is 12.6. The van der Waals surface area contributed by atoms with Crippen molar-refractivity contribution in [3.8, 4) is 0 Å². The molecular weight excluding hydrogens is 420 g/mol. The van der Waals surface area contributed by atoms with E-state index in [4.69, 9.17) is 28.4 Å². The van der Waals surface area contributed by atoms with Gasteiger partial charge in [0.2, 0.25) is 0 Å². The largest absolute Gasteiger partial charge is 0.453 e. The average molecular weight is 443 g/mol. The molecule has 0 aliphatic carbocycles. The van der Waals surface area contributed by atoms with Crippen molar-refractivity contribution in [2.75, 3.05) is 6.61 Å². The number of esters is 1. The predicted octanol–water partition coefficient (Wildman–Crippen LogP) is 3.00. The summed E-state index contributed by atoms with van der Waals surface area (Å²) in [4.78, 5) is 12.7. The highest BCUT2D eigenvalue weighted by molar-refractivity contribution is 9.10. The van der Waals surface area contributed by atoms with Gasteiger partial charge >= 0.3 is 5.97 Å². The minimum atomic E-state index is -0.812. The standard InChI is InChI=1S/C19H23BrO7/c1-18(2)22-9-12(25-18)13-14(15-17(24-13)27-19(3,4)26-15)23-16(21)10-6-5-7-11(20)8-10/h5-8,12-15,17H,9H2,1-4H3/t12-,13-,14?,15-,17-/m0/s1. The van der Waals surface area contributed by atoms with E-state index in [9.17, 15) is 4.79 Å². The van der Waals surface area contributed by atoms with Gasteiger partial charge in [-0.15, -0.1) is 0 Å². The van der Waals surface area contributed by atoms with E-state index in [1.807, 2.05) is 19.9 Å². The molecule has 1 aromatic rings. The number of fused-ring (bicyclic) bond motifs is 1. The molecule has 5 atom stereocenters. The van der Waals surface area contributed by atoms with Gasteiger partial charge < -0.3 is 28.4 Å². The van der Waals surface area contributed by atoms with Gasteiger partial charge in [0.1, 0.15) is 12.2 Å². The zero-order chi connectivity index (χ0) is 19.4. The third kappa shape index (κ3) is 3.92. The molecule has 3 heterocycles. The first-order valence-corrected chi connectivity index (χ1v) is 9.72. The summed E-state index contributed by atoms with van der Waals surface area (Å²) in [5.74, 6) is -1.99. The maximum atomic E-state index is 12.7. The maximum absolute atomic E-state index is 12.7. The third-order valence-corrected chi connectivity index (χ3v) is 5.22. The van der Waals surface area contributed by atoms with Crippen LogP contribution in [-0.4, -0.2) is 54.9 Å². The van der Waals surface area contributed by atoms with E-state index in [-0.39, 0.29) is 6.10 Å². The normalized spacial score (nSPS) is 36.6. The topological polar surface area (TPSA) is 72.5 Å². The first-order valence-electron chi connectivity index (χ1n) is 8.93. The zero-order valence-corrected chi connectivity index (χ0v) is 17.2. The van der Waals surface area contributed by atoms with Crippen LogP contribution in [0.2, 0.25) is 0 Å². The zero-order valence-electron chi connectivity index (χ0n) is 15.6. The van der Waals surface area contributed by atoms with Gasteiger partial charge in [0.25, 0.3) is 0 Å². The summed E-state index contributed by atoms with van der Waals surface area (Å²) in [6.07, 6.45) is -2.77. The van der Waals surface area contributed by atoms with Gasteiger partial charge in [-0.2, -0.15) is 0 Å². The number of carbonyl (C=O) groups is 1. The molecule has 7 nitrogen and oxygen atoms in total. The molecule has 1 unspecified atom stereocenters. The Morgan fingerprint density at radius 2 is 1.89 bits per heavy atom. The molecule has 8 heteroatoms. The van der Waals surface area contributed by atoms with E-state index in [2.05, 4.69) is 15.9 Å². The lowest BCUT2D eigenvalue weighted by molar-refractivity contribution is -0.232. The van der Waals surface area contributed by atoms with Crippen LogP contribution >= 0.6 is 15.9 Å². The fourth-order valence-electron chi connectivity index (χ4n) is 3.62. The molecule has 3 aliphatic rings. The van der Waals surface area contributed by atoms with Crippen LogP contribution in [0.25, 0.3) is 0 Å². The van der Waals surface area contributed by atoms with Gasteiger partial charge in [0.05, 0.1) is 12.2 Å². The van der Waals surface area contributed by atoms with Crippen LogP contribution in [0.4, 0.5) is 0 Å². The summed E-state index contributed by atoms with van der Waals surface area (Å²) in [5, 5.41) is 0. The van der Waals surface area contributed by atoms with Crippen LogP contribution < -0.4 is 0 Å². The average Bonchev–Trinajstić information content (AvgIpc) is 3.18. The highest BCUT2D eigenvalue weighted by Crippen LogP contribution is 2.42. The predicted molar refractivity (Wildman–Crippen MR) is 96.9 cm³/mol. The Balaban J connectivity index is 1.56. The first kappa shape index (κ1) is 19.3. The Labute approximate surface area is 166 Å². The minimum absolute atomic E-state index is 0.339. The monoisotopic (exact) mass is 442 g/mol. The number of hydrogen-bond acceptors (Lipinski definition) is 7. The molecule has 0 spiro atoms. The minimum Gasteiger partial charge on any atom is -0.453 e. The number of rotatable bonds is 3. The van der Waals surface area contributed by atoms with Crippen molar-refractivity contribution in [3.05, 3.63) is 34.3 Å². The molecule has 0 radical (unpaired) electrons. The molecule has 0 bridgehead atoms. The fraction of sp³-hybridized carbons (Fsp3) is 0.632. The van der Waals surface area contributed by atoms with Gasteiger partial charge in [-0.3, -0.25) is 0 Å². The van der Waals surface area contributed by atoms with Crippen LogP contribution in [0.1, 0.15) is 38.1 Å². The summed E-state index contributed by atoms with van der Waals surface area (Å²) in [7, 11) is 0.